The Morgan fingerprint density at radius 1 is 1.23 bits per heavy atom. The van der Waals surface area contributed by atoms with Crippen molar-refractivity contribution in [1.82, 2.24) is 4.57 Å². The SMILES string of the molecule is C#CCn1c(=NC(=O)c2ccc(OCC)cc2)sc2cc(CC)ccc21. The third-order valence-corrected chi connectivity index (χ3v) is 5.06. The highest BCUT2D eigenvalue weighted by Gasteiger charge is 2.09. The molecule has 0 aliphatic heterocycles. The van der Waals surface area contributed by atoms with Crippen molar-refractivity contribution in [3.63, 3.8) is 0 Å². The average molecular weight is 364 g/mol. The molecular weight excluding hydrogens is 344 g/mol. The molecule has 5 heteroatoms. The van der Waals surface area contributed by atoms with Crippen molar-refractivity contribution in [2.45, 2.75) is 26.8 Å². The number of carbonyl (C=O) groups is 1. The minimum absolute atomic E-state index is 0.291. The fourth-order valence-corrected chi connectivity index (χ4v) is 3.77. The maximum atomic E-state index is 12.6. The minimum Gasteiger partial charge on any atom is -0.494 e. The standard InChI is InChI=1S/C21H20N2O2S/c1-4-13-23-18-12-7-15(5-2)14-19(18)26-21(23)22-20(24)16-8-10-17(11-9-16)25-6-3/h1,7-12,14H,5-6,13H2,2-3H3. The van der Waals surface area contributed by atoms with Gasteiger partial charge in [-0.3, -0.25) is 4.79 Å². The van der Waals surface area contributed by atoms with E-state index in [-0.39, 0.29) is 5.91 Å². The number of thiazole rings is 1. The summed E-state index contributed by atoms with van der Waals surface area (Å²) in [5.41, 5.74) is 2.77. The van der Waals surface area contributed by atoms with Crippen LogP contribution < -0.4 is 9.54 Å². The molecule has 0 unspecified atom stereocenters. The Balaban J connectivity index is 2.03. The molecule has 1 aromatic heterocycles. The zero-order valence-corrected chi connectivity index (χ0v) is 15.7. The quantitative estimate of drug-likeness (QED) is 0.641. The largest absolute Gasteiger partial charge is 0.494 e. The van der Waals surface area contributed by atoms with E-state index in [9.17, 15) is 4.79 Å². The van der Waals surface area contributed by atoms with E-state index in [1.165, 1.54) is 16.9 Å². The smallest absolute Gasteiger partial charge is 0.279 e. The van der Waals surface area contributed by atoms with Crippen molar-refractivity contribution in [2.75, 3.05) is 6.61 Å². The third-order valence-electron chi connectivity index (χ3n) is 4.01. The number of carbonyl (C=O) groups excluding carboxylic acids is 1. The van der Waals surface area contributed by atoms with Crippen LogP contribution in [0.25, 0.3) is 10.2 Å². The molecule has 0 saturated heterocycles. The Hall–Kier alpha value is -2.84. The third kappa shape index (κ3) is 3.71. The maximum Gasteiger partial charge on any atom is 0.279 e. The zero-order chi connectivity index (χ0) is 18.5. The molecule has 0 radical (unpaired) electrons. The van der Waals surface area contributed by atoms with E-state index >= 15 is 0 Å². The van der Waals surface area contributed by atoms with Gasteiger partial charge in [-0.25, -0.2) is 0 Å². The normalized spacial score (nSPS) is 11.5. The molecule has 0 atom stereocenters. The van der Waals surface area contributed by atoms with Crippen molar-refractivity contribution in [3.8, 4) is 18.1 Å². The number of benzene rings is 2. The van der Waals surface area contributed by atoms with Gasteiger partial charge in [0.05, 0.1) is 23.4 Å². The molecule has 26 heavy (non-hydrogen) atoms. The second-order valence-corrected chi connectivity index (χ2v) is 6.71. The minimum atomic E-state index is -0.291. The van der Waals surface area contributed by atoms with Gasteiger partial charge in [0.25, 0.3) is 5.91 Å². The molecule has 0 fully saturated rings. The van der Waals surface area contributed by atoms with Crippen LogP contribution in [0.15, 0.2) is 47.5 Å². The first-order valence-electron chi connectivity index (χ1n) is 8.54. The van der Waals surface area contributed by atoms with Gasteiger partial charge in [0.2, 0.25) is 0 Å². The summed E-state index contributed by atoms with van der Waals surface area (Å²) < 4.78 is 8.40. The van der Waals surface area contributed by atoms with E-state index in [4.69, 9.17) is 11.2 Å². The van der Waals surface area contributed by atoms with Crippen molar-refractivity contribution >= 4 is 27.5 Å². The highest BCUT2D eigenvalue weighted by molar-refractivity contribution is 7.16. The molecule has 2 aromatic carbocycles. The Bertz CT molecular complexity index is 1040. The van der Waals surface area contributed by atoms with Crippen LogP contribution in [-0.4, -0.2) is 17.1 Å². The number of hydrogen-bond acceptors (Lipinski definition) is 3. The Morgan fingerprint density at radius 2 is 2.00 bits per heavy atom. The van der Waals surface area contributed by atoms with Gasteiger partial charge in [0, 0.05) is 5.56 Å². The predicted octanol–water partition coefficient (Wildman–Crippen LogP) is 4.04. The molecule has 0 aliphatic carbocycles. The summed E-state index contributed by atoms with van der Waals surface area (Å²) in [6, 6.07) is 13.3. The number of hydrogen-bond donors (Lipinski definition) is 0. The molecule has 132 valence electrons. The summed E-state index contributed by atoms with van der Waals surface area (Å²) >= 11 is 1.48. The second-order valence-electron chi connectivity index (χ2n) is 5.70. The fourth-order valence-electron chi connectivity index (χ4n) is 2.68. The first-order valence-corrected chi connectivity index (χ1v) is 9.35. The van der Waals surface area contributed by atoms with Crippen LogP contribution in [0.5, 0.6) is 5.75 Å². The molecular formula is C21H20N2O2S. The number of nitrogens with zero attached hydrogens (tertiary/aromatic N) is 2. The number of ether oxygens (including phenoxy) is 1. The fraction of sp³-hybridized carbons (Fsp3) is 0.238. The summed E-state index contributed by atoms with van der Waals surface area (Å²) in [7, 11) is 0. The highest BCUT2D eigenvalue weighted by atomic mass is 32.1. The molecule has 0 aliphatic rings. The van der Waals surface area contributed by atoms with Crippen LogP contribution in [0.2, 0.25) is 0 Å². The van der Waals surface area contributed by atoms with E-state index in [1.54, 1.807) is 24.3 Å². The number of aromatic nitrogens is 1. The van der Waals surface area contributed by atoms with Crippen LogP contribution in [-0.2, 0) is 13.0 Å². The first kappa shape index (κ1) is 18.0. The van der Waals surface area contributed by atoms with Crippen molar-refractivity contribution in [3.05, 3.63) is 58.4 Å². The lowest BCUT2D eigenvalue weighted by molar-refractivity contribution is 0.0998. The molecule has 1 amide bonds. The Kier molecular flexibility index (Phi) is 5.55. The van der Waals surface area contributed by atoms with E-state index in [1.807, 2.05) is 17.6 Å². The number of amides is 1. The lowest BCUT2D eigenvalue weighted by atomic mass is 10.2. The second kappa shape index (κ2) is 8.03. The summed E-state index contributed by atoms with van der Waals surface area (Å²) in [6.45, 7) is 5.00. The van der Waals surface area contributed by atoms with Gasteiger partial charge in [-0.15, -0.1) is 6.42 Å². The van der Waals surface area contributed by atoms with Gasteiger partial charge in [0.1, 0.15) is 5.75 Å². The maximum absolute atomic E-state index is 12.6. The first-order chi connectivity index (χ1) is 12.7. The van der Waals surface area contributed by atoms with Gasteiger partial charge < -0.3 is 9.30 Å². The van der Waals surface area contributed by atoms with E-state index < -0.39 is 0 Å². The average Bonchev–Trinajstić information content (AvgIpc) is 2.99. The van der Waals surface area contributed by atoms with Crippen molar-refractivity contribution in [2.24, 2.45) is 4.99 Å². The lowest BCUT2D eigenvalue weighted by Gasteiger charge is -2.03. The highest BCUT2D eigenvalue weighted by Crippen LogP contribution is 2.20. The van der Waals surface area contributed by atoms with E-state index in [0.717, 1.165) is 22.4 Å². The topological polar surface area (TPSA) is 43.6 Å². The van der Waals surface area contributed by atoms with Gasteiger partial charge in [-0.1, -0.05) is 30.2 Å². The summed E-state index contributed by atoms with van der Waals surface area (Å²) in [5, 5.41) is 0. The molecule has 3 aromatic rings. The van der Waals surface area contributed by atoms with Crippen LogP contribution in [0.4, 0.5) is 0 Å². The molecule has 0 N–H and O–H groups in total. The van der Waals surface area contributed by atoms with Crippen LogP contribution in [0, 0.1) is 12.3 Å². The molecule has 3 rings (SSSR count). The number of fused-ring (bicyclic) bond motifs is 1. The summed E-state index contributed by atoms with van der Waals surface area (Å²) in [6.07, 6.45) is 6.47. The summed E-state index contributed by atoms with van der Waals surface area (Å²) in [5.74, 6) is 3.09. The van der Waals surface area contributed by atoms with E-state index in [2.05, 4.69) is 30.0 Å². The van der Waals surface area contributed by atoms with Crippen LogP contribution in [0.1, 0.15) is 29.8 Å². The van der Waals surface area contributed by atoms with Gasteiger partial charge >= 0.3 is 0 Å². The predicted molar refractivity (Wildman–Crippen MR) is 106 cm³/mol. The van der Waals surface area contributed by atoms with Crippen LogP contribution in [0.3, 0.4) is 0 Å². The zero-order valence-electron chi connectivity index (χ0n) is 14.9. The van der Waals surface area contributed by atoms with Gasteiger partial charge in [0.15, 0.2) is 4.80 Å². The lowest BCUT2D eigenvalue weighted by Crippen LogP contribution is -2.16. The monoisotopic (exact) mass is 364 g/mol. The van der Waals surface area contributed by atoms with E-state index in [0.29, 0.717) is 23.5 Å². The van der Waals surface area contributed by atoms with Crippen molar-refractivity contribution in [1.29, 1.82) is 0 Å². The molecule has 0 spiro atoms. The molecule has 0 saturated carbocycles. The number of rotatable bonds is 5. The van der Waals surface area contributed by atoms with Crippen LogP contribution >= 0.6 is 11.3 Å². The molecule has 4 nitrogen and oxygen atoms in total. The number of aryl methyl sites for hydroxylation is 1. The Labute approximate surface area is 156 Å². The van der Waals surface area contributed by atoms with Gasteiger partial charge in [-0.05, 0) is 55.3 Å². The van der Waals surface area contributed by atoms with Gasteiger partial charge in [-0.2, -0.15) is 4.99 Å². The molecule has 0 bridgehead atoms. The number of terminal acetylenes is 1. The van der Waals surface area contributed by atoms with Crippen molar-refractivity contribution < 1.29 is 9.53 Å². The molecule has 1 heterocycles. The Morgan fingerprint density at radius 3 is 2.65 bits per heavy atom. The summed E-state index contributed by atoms with van der Waals surface area (Å²) in [4.78, 5) is 17.5.